The lowest BCUT2D eigenvalue weighted by Crippen LogP contribution is -2.00. The molecule has 12 heavy (non-hydrogen) atoms. The summed E-state index contributed by atoms with van der Waals surface area (Å²) in [5, 5.41) is 8.55. The number of H-pyrrole nitrogens is 1. The molecule has 1 aromatic heterocycles. The fourth-order valence-corrected chi connectivity index (χ4v) is 0.894. The number of nitriles is 1. The average molecular weight is 164 g/mol. The number of nitrogens with zero attached hydrogens (tertiary/aromatic N) is 1. The largest absolute Gasteiger partial charge is 0.464 e. The van der Waals surface area contributed by atoms with Gasteiger partial charge in [0.25, 0.3) is 0 Å². The first-order valence-electron chi connectivity index (χ1n) is 3.37. The van der Waals surface area contributed by atoms with Crippen molar-refractivity contribution in [2.45, 2.75) is 6.92 Å². The second-order valence-corrected chi connectivity index (χ2v) is 2.34. The molecule has 1 heterocycles. The van der Waals surface area contributed by atoms with Gasteiger partial charge in [-0.25, -0.2) is 4.79 Å². The van der Waals surface area contributed by atoms with Gasteiger partial charge in [-0.2, -0.15) is 5.26 Å². The van der Waals surface area contributed by atoms with Crippen LogP contribution >= 0.6 is 0 Å². The zero-order valence-electron chi connectivity index (χ0n) is 6.84. The van der Waals surface area contributed by atoms with Gasteiger partial charge < -0.3 is 9.72 Å². The minimum Gasteiger partial charge on any atom is -0.464 e. The summed E-state index contributed by atoms with van der Waals surface area (Å²) >= 11 is 0. The number of ether oxygens (including phenoxy) is 1. The second kappa shape index (κ2) is 3.09. The molecule has 0 unspecified atom stereocenters. The van der Waals surface area contributed by atoms with Crippen LogP contribution in [0.3, 0.4) is 0 Å². The van der Waals surface area contributed by atoms with E-state index >= 15 is 0 Å². The Balaban J connectivity index is 3.07. The van der Waals surface area contributed by atoms with Crippen LogP contribution in [0, 0.1) is 18.3 Å². The van der Waals surface area contributed by atoms with E-state index in [2.05, 4.69) is 9.72 Å². The Bertz CT molecular complexity index is 346. The predicted molar refractivity (Wildman–Crippen MR) is 41.6 cm³/mol. The number of esters is 1. The lowest BCUT2D eigenvalue weighted by atomic mass is 10.3. The normalized spacial score (nSPS) is 9.08. The van der Waals surface area contributed by atoms with Crippen LogP contribution in [0.5, 0.6) is 0 Å². The van der Waals surface area contributed by atoms with E-state index in [-0.39, 0.29) is 0 Å². The van der Waals surface area contributed by atoms with E-state index in [0.717, 1.165) is 5.56 Å². The SMILES string of the molecule is COC(=O)c1cc(C)c(C#N)[nH]1. The van der Waals surface area contributed by atoms with Gasteiger partial charge in [0, 0.05) is 0 Å². The van der Waals surface area contributed by atoms with Crippen LogP contribution in [0.4, 0.5) is 0 Å². The van der Waals surface area contributed by atoms with Gasteiger partial charge in [0.05, 0.1) is 7.11 Å². The smallest absolute Gasteiger partial charge is 0.354 e. The van der Waals surface area contributed by atoms with Crippen LogP contribution in [-0.2, 0) is 4.74 Å². The van der Waals surface area contributed by atoms with Gasteiger partial charge in [0.1, 0.15) is 17.5 Å². The molecular weight excluding hydrogens is 156 g/mol. The van der Waals surface area contributed by atoms with Crippen LogP contribution in [0.2, 0.25) is 0 Å². The van der Waals surface area contributed by atoms with E-state index in [1.807, 2.05) is 6.07 Å². The fraction of sp³-hybridized carbons (Fsp3) is 0.250. The van der Waals surface area contributed by atoms with Crippen LogP contribution in [-0.4, -0.2) is 18.1 Å². The lowest BCUT2D eigenvalue weighted by molar-refractivity contribution is 0.0594. The van der Waals surface area contributed by atoms with E-state index in [0.29, 0.717) is 11.4 Å². The number of methoxy groups -OCH3 is 1. The number of carbonyl (C=O) groups is 1. The van der Waals surface area contributed by atoms with Gasteiger partial charge in [0.2, 0.25) is 0 Å². The monoisotopic (exact) mass is 164 g/mol. The molecule has 0 aromatic carbocycles. The Morgan fingerprint density at radius 2 is 2.42 bits per heavy atom. The summed E-state index contributed by atoms with van der Waals surface area (Å²) in [7, 11) is 1.30. The molecule has 0 fully saturated rings. The third-order valence-electron chi connectivity index (χ3n) is 1.53. The summed E-state index contributed by atoms with van der Waals surface area (Å²) in [4.78, 5) is 13.6. The standard InChI is InChI=1S/C8H8N2O2/c1-5-3-6(8(11)12-2)10-7(5)4-9/h3,10H,1-2H3. The Labute approximate surface area is 69.8 Å². The quantitative estimate of drug-likeness (QED) is 0.629. The molecule has 0 bridgehead atoms. The van der Waals surface area contributed by atoms with E-state index in [1.165, 1.54) is 7.11 Å². The van der Waals surface area contributed by atoms with Gasteiger partial charge in [-0.1, -0.05) is 0 Å². The molecule has 4 nitrogen and oxygen atoms in total. The summed E-state index contributed by atoms with van der Waals surface area (Å²) < 4.78 is 4.47. The summed E-state index contributed by atoms with van der Waals surface area (Å²) in [6.07, 6.45) is 0. The highest BCUT2D eigenvalue weighted by molar-refractivity contribution is 5.87. The summed E-state index contributed by atoms with van der Waals surface area (Å²) in [5.41, 5.74) is 1.46. The Morgan fingerprint density at radius 1 is 1.75 bits per heavy atom. The molecule has 0 aliphatic rings. The highest BCUT2D eigenvalue weighted by atomic mass is 16.5. The molecule has 1 aromatic rings. The van der Waals surface area contributed by atoms with Crippen molar-refractivity contribution >= 4 is 5.97 Å². The maximum absolute atomic E-state index is 10.9. The molecule has 0 spiro atoms. The molecule has 4 heteroatoms. The molecule has 0 saturated heterocycles. The maximum atomic E-state index is 10.9. The summed E-state index contributed by atoms with van der Waals surface area (Å²) in [6, 6.07) is 3.52. The minimum atomic E-state index is -0.459. The second-order valence-electron chi connectivity index (χ2n) is 2.34. The highest BCUT2D eigenvalue weighted by Gasteiger charge is 2.10. The van der Waals surface area contributed by atoms with Crippen LogP contribution in [0.1, 0.15) is 21.7 Å². The number of aryl methyl sites for hydroxylation is 1. The van der Waals surface area contributed by atoms with Crippen molar-refractivity contribution in [2.24, 2.45) is 0 Å². The third-order valence-corrected chi connectivity index (χ3v) is 1.53. The van der Waals surface area contributed by atoms with E-state index in [1.54, 1.807) is 13.0 Å². The van der Waals surface area contributed by atoms with Crippen molar-refractivity contribution in [2.75, 3.05) is 7.11 Å². The molecular formula is C8H8N2O2. The van der Waals surface area contributed by atoms with Gasteiger partial charge in [-0.05, 0) is 18.6 Å². The number of nitrogens with one attached hydrogen (secondary N) is 1. The van der Waals surface area contributed by atoms with Crippen molar-refractivity contribution in [3.05, 3.63) is 23.0 Å². The van der Waals surface area contributed by atoms with Gasteiger partial charge in [-0.15, -0.1) is 0 Å². The number of aromatic nitrogens is 1. The molecule has 0 radical (unpaired) electrons. The number of hydrogen-bond donors (Lipinski definition) is 1. The molecule has 0 amide bonds. The Morgan fingerprint density at radius 3 is 2.83 bits per heavy atom. The van der Waals surface area contributed by atoms with Crippen molar-refractivity contribution in [1.29, 1.82) is 5.26 Å². The van der Waals surface area contributed by atoms with E-state index in [4.69, 9.17) is 5.26 Å². The van der Waals surface area contributed by atoms with Crippen LogP contribution < -0.4 is 0 Å². The molecule has 62 valence electrons. The zero-order chi connectivity index (χ0) is 9.14. The Hall–Kier alpha value is -1.76. The molecule has 1 N–H and O–H groups in total. The van der Waals surface area contributed by atoms with E-state index in [9.17, 15) is 4.79 Å². The molecule has 0 aliphatic carbocycles. The summed E-state index contributed by atoms with van der Waals surface area (Å²) in [5.74, 6) is -0.459. The van der Waals surface area contributed by atoms with E-state index < -0.39 is 5.97 Å². The number of carbonyl (C=O) groups excluding carboxylic acids is 1. The molecule has 0 atom stereocenters. The minimum absolute atomic E-state index is 0.312. The predicted octanol–water partition coefficient (Wildman–Crippen LogP) is 0.981. The molecule has 0 saturated carbocycles. The number of hydrogen-bond acceptors (Lipinski definition) is 3. The number of rotatable bonds is 1. The summed E-state index contributed by atoms with van der Waals surface area (Å²) in [6.45, 7) is 1.75. The maximum Gasteiger partial charge on any atom is 0.354 e. The topological polar surface area (TPSA) is 65.9 Å². The zero-order valence-corrected chi connectivity index (χ0v) is 6.84. The first-order chi connectivity index (χ1) is 5.69. The van der Waals surface area contributed by atoms with Gasteiger partial charge in [0.15, 0.2) is 0 Å². The molecule has 0 aliphatic heterocycles. The first-order valence-corrected chi connectivity index (χ1v) is 3.37. The lowest BCUT2D eigenvalue weighted by Gasteiger charge is -1.91. The van der Waals surface area contributed by atoms with Gasteiger partial charge in [-0.3, -0.25) is 0 Å². The van der Waals surface area contributed by atoms with Crippen LogP contribution in [0.15, 0.2) is 6.07 Å². The highest BCUT2D eigenvalue weighted by Crippen LogP contribution is 2.08. The number of aromatic amines is 1. The first kappa shape index (κ1) is 8.34. The fourth-order valence-electron chi connectivity index (χ4n) is 0.894. The van der Waals surface area contributed by atoms with Gasteiger partial charge >= 0.3 is 5.97 Å². The van der Waals surface area contributed by atoms with Crippen LogP contribution in [0.25, 0.3) is 0 Å². The van der Waals surface area contributed by atoms with Crippen molar-refractivity contribution in [3.63, 3.8) is 0 Å². The van der Waals surface area contributed by atoms with Crippen molar-refractivity contribution in [1.82, 2.24) is 4.98 Å². The Kier molecular flexibility index (Phi) is 2.15. The molecule has 1 rings (SSSR count). The van der Waals surface area contributed by atoms with Crippen molar-refractivity contribution in [3.8, 4) is 6.07 Å². The van der Waals surface area contributed by atoms with Crippen molar-refractivity contribution < 1.29 is 9.53 Å². The third kappa shape index (κ3) is 1.30. The average Bonchev–Trinajstić information content (AvgIpc) is 2.45.